The molecule has 0 atom stereocenters. The summed E-state index contributed by atoms with van der Waals surface area (Å²) in [5, 5.41) is 9.58. The Kier molecular flexibility index (Phi) is 2.37. The molecule has 0 amide bonds. The molecule has 4 radical (unpaired) electrons. The molecular weight excluding hydrogens is 166 g/mol. The molecule has 0 aliphatic carbocycles. The summed E-state index contributed by atoms with van der Waals surface area (Å²) in [5.74, 6) is -0.925. The first-order chi connectivity index (χ1) is 5.77. The summed E-state index contributed by atoms with van der Waals surface area (Å²) in [6.07, 6.45) is 0. The third-order valence-electron chi connectivity index (χ3n) is 1.76. The molecule has 1 heterocycles. The molecule has 0 bridgehead atoms. The van der Waals surface area contributed by atoms with Crippen LogP contribution in [0, 0.1) is 7.43 Å². The Bertz CT molecular complexity index is 398. The van der Waals surface area contributed by atoms with E-state index in [9.17, 15) is 4.79 Å². The summed E-state index contributed by atoms with van der Waals surface area (Å²) in [6.45, 7) is 0. The summed E-state index contributed by atoms with van der Waals surface area (Å²) in [4.78, 5) is 13.3. The molecule has 2 aromatic rings. The Morgan fingerprint density at radius 1 is 1.31 bits per heavy atom. The largest absolute Gasteiger partial charge is 0.477 e. The lowest BCUT2D eigenvalue weighted by Crippen LogP contribution is -1.94. The fourth-order valence-corrected chi connectivity index (χ4v) is 1.19. The third kappa shape index (κ3) is 1.54. The maximum Gasteiger partial charge on any atom is 0.352 e. The number of nitrogens with one attached hydrogen (secondary N) is 1. The molecule has 0 saturated heterocycles. The van der Waals surface area contributed by atoms with Crippen LogP contribution in [0.1, 0.15) is 10.5 Å². The number of hydrogen-bond donors (Lipinski definition) is 2. The highest BCUT2D eigenvalue weighted by atomic mass is 16.4. The second-order valence-electron chi connectivity index (χ2n) is 2.58. The van der Waals surface area contributed by atoms with E-state index in [1.807, 2.05) is 24.3 Å². The Morgan fingerprint density at radius 2 is 2.00 bits per heavy atom. The SMILES string of the molecule is O=C(O)c1cc2ccccc2[nH]1.[C]. The van der Waals surface area contributed by atoms with Crippen molar-refractivity contribution in [3.05, 3.63) is 43.5 Å². The predicted molar refractivity (Wildman–Crippen MR) is 48.5 cm³/mol. The van der Waals surface area contributed by atoms with Crippen molar-refractivity contribution in [2.75, 3.05) is 0 Å². The average Bonchev–Trinajstić information content (AvgIpc) is 2.46. The fourth-order valence-electron chi connectivity index (χ4n) is 1.19. The van der Waals surface area contributed by atoms with Crippen molar-refractivity contribution in [1.82, 2.24) is 4.98 Å². The van der Waals surface area contributed by atoms with Gasteiger partial charge in [0.15, 0.2) is 0 Å². The number of carbonyl (C=O) groups is 1. The average molecular weight is 173 g/mol. The van der Waals surface area contributed by atoms with Crippen molar-refractivity contribution in [1.29, 1.82) is 0 Å². The Balaban J connectivity index is 0.000000845. The molecule has 1 aromatic heterocycles. The van der Waals surface area contributed by atoms with E-state index in [0.29, 0.717) is 0 Å². The smallest absolute Gasteiger partial charge is 0.352 e. The van der Waals surface area contributed by atoms with Crippen molar-refractivity contribution >= 4 is 16.9 Å². The number of para-hydroxylation sites is 1. The number of carboxylic acid groups (broad SMARTS) is 1. The molecule has 0 spiro atoms. The maximum atomic E-state index is 10.5. The van der Waals surface area contributed by atoms with Crippen LogP contribution in [0.25, 0.3) is 10.9 Å². The molecule has 0 aliphatic heterocycles. The Labute approximate surface area is 76.0 Å². The Morgan fingerprint density at radius 3 is 2.62 bits per heavy atom. The molecule has 2 rings (SSSR count). The second kappa shape index (κ2) is 3.31. The quantitative estimate of drug-likeness (QED) is 0.692. The lowest BCUT2D eigenvalue weighted by atomic mass is 10.2. The number of fused-ring (bicyclic) bond motifs is 1. The molecule has 3 heteroatoms. The third-order valence-corrected chi connectivity index (χ3v) is 1.76. The first-order valence-corrected chi connectivity index (χ1v) is 3.58. The van der Waals surface area contributed by atoms with E-state index in [2.05, 4.69) is 4.98 Å². The zero-order chi connectivity index (χ0) is 8.55. The zero-order valence-corrected chi connectivity index (χ0v) is 6.74. The molecule has 2 N–H and O–H groups in total. The number of H-pyrrole nitrogens is 1. The van der Waals surface area contributed by atoms with Gasteiger partial charge >= 0.3 is 5.97 Å². The number of rotatable bonds is 1. The minimum Gasteiger partial charge on any atom is -0.477 e. The molecule has 0 saturated carbocycles. The minimum absolute atomic E-state index is 0. The Hall–Kier alpha value is -1.77. The van der Waals surface area contributed by atoms with E-state index < -0.39 is 5.97 Å². The first-order valence-electron chi connectivity index (χ1n) is 3.58. The van der Waals surface area contributed by atoms with Crippen LogP contribution in [0.3, 0.4) is 0 Å². The molecule has 0 aliphatic rings. The lowest BCUT2D eigenvalue weighted by molar-refractivity contribution is 0.0691. The van der Waals surface area contributed by atoms with Crippen molar-refractivity contribution in [3.63, 3.8) is 0 Å². The van der Waals surface area contributed by atoms with Crippen LogP contribution in [-0.4, -0.2) is 16.1 Å². The van der Waals surface area contributed by atoms with Gasteiger partial charge in [-0.1, -0.05) is 18.2 Å². The summed E-state index contributed by atoms with van der Waals surface area (Å²) in [6, 6.07) is 9.09. The molecule has 0 unspecified atom stereocenters. The number of hydrogen-bond acceptors (Lipinski definition) is 1. The standard InChI is InChI=1S/C9H7NO2.C/c11-9(12)8-5-6-3-1-2-4-7(6)10-8;/h1-5,10H,(H,11,12);. The fraction of sp³-hybridized carbons (Fsp3) is 0. The van der Waals surface area contributed by atoms with Gasteiger partial charge in [-0.15, -0.1) is 0 Å². The normalized spacial score (nSPS) is 9.54. The van der Waals surface area contributed by atoms with Crippen LogP contribution >= 0.6 is 0 Å². The van der Waals surface area contributed by atoms with E-state index >= 15 is 0 Å². The van der Waals surface area contributed by atoms with Crippen LogP contribution in [-0.2, 0) is 0 Å². The van der Waals surface area contributed by atoms with Gasteiger partial charge in [0.25, 0.3) is 0 Å². The van der Waals surface area contributed by atoms with Gasteiger partial charge in [0, 0.05) is 18.3 Å². The highest BCUT2D eigenvalue weighted by molar-refractivity contribution is 5.93. The summed E-state index contributed by atoms with van der Waals surface area (Å²) in [5.41, 5.74) is 1.09. The van der Waals surface area contributed by atoms with Gasteiger partial charge < -0.3 is 10.1 Å². The summed E-state index contributed by atoms with van der Waals surface area (Å²) < 4.78 is 0. The predicted octanol–water partition coefficient (Wildman–Crippen LogP) is 1.95. The number of aromatic carboxylic acids is 1. The van der Waals surface area contributed by atoms with E-state index in [0.717, 1.165) is 10.9 Å². The zero-order valence-electron chi connectivity index (χ0n) is 6.74. The minimum atomic E-state index is -0.925. The van der Waals surface area contributed by atoms with Gasteiger partial charge in [-0.25, -0.2) is 4.79 Å². The topological polar surface area (TPSA) is 53.1 Å². The van der Waals surface area contributed by atoms with Crippen LogP contribution in [0.4, 0.5) is 0 Å². The van der Waals surface area contributed by atoms with Gasteiger partial charge in [0.2, 0.25) is 0 Å². The van der Waals surface area contributed by atoms with Crippen molar-refractivity contribution < 1.29 is 9.90 Å². The molecule has 3 nitrogen and oxygen atoms in total. The molecule has 64 valence electrons. The van der Waals surface area contributed by atoms with E-state index in [4.69, 9.17) is 5.11 Å². The van der Waals surface area contributed by atoms with Crippen LogP contribution in [0.5, 0.6) is 0 Å². The number of aromatic amines is 1. The van der Waals surface area contributed by atoms with Gasteiger partial charge in [-0.2, -0.15) is 0 Å². The highest BCUT2D eigenvalue weighted by Crippen LogP contribution is 2.13. The van der Waals surface area contributed by atoms with Crippen molar-refractivity contribution in [2.24, 2.45) is 0 Å². The maximum absolute atomic E-state index is 10.5. The van der Waals surface area contributed by atoms with Crippen LogP contribution < -0.4 is 0 Å². The second-order valence-corrected chi connectivity index (χ2v) is 2.58. The molecule has 0 fully saturated rings. The van der Waals surface area contributed by atoms with Gasteiger partial charge in [-0.3, -0.25) is 0 Å². The number of benzene rings is 1. The van der Waals surface area contributed by atoms with Crippen molar-refractivity contribution in [2.45, 2.75) is 0 Å². The van der Waals surface area contributed by atoms with E-state index in [1.165, 1.54) is 0 Å². The van der Waals surface area contributed by atoms with Crippen LogP contribution in [0.15, 0.2) is 30.3 Å². The van der Waals surface area contributed by atoms with E-state index in [1.54, 1.807) is 6.07 Å². The molecule has 13 heavy (non-hydrogen) atoms. The number of aromatic nitrogens is 1. The van der Waals surface area contributed by atoms with Crippen molar-refractivity contribution in [3.8, 4) is 0 Å². The first kappa shape index (κ1) is 9.32. The van der Waals surface area contributed by atoms with Gasteiger partial charge in [0.1, 0.15) is 5.69 Å². The van der Waals surface area contributed by atoms with Gasteiger partial charge in [0.05, 0.1) is 0 Å². The molecule has 1 aromatic carbocycles. The number of carboxylic acids is 1. The molecular formula is C10H7NO2. The monoisotopic (exact) mass is 173 g/mol. The summed E-state index contributed by atoms with van der Waals surface area (Å²) in [7, 11) is 0. The highest BCUT2D eigenvalue weighted by Gasteiger charge is 2.05. The van der Waals surface area contributed by atoms with Crippen LogP contribution in [0.2, 0.25) is 0 Å². The van der Waals surface area contributed by atoms with E-state index in [-0.39, 0.29) is 13.1 Å². The lowest BCUT2D eigenvalue weighted by Gasteiger charge is -1.84. The van der Waals surface area contributed by atoms with Gasteiger partial charge in [-0.05, 0) is 12.1 Å². The summed E-state index contributed by atoms with van der Waals surface area (Å²) >= 11 is 0.